The summed E-state index contributed by atoms with van der Waals surface area (Å²) < 4.78 is 27.6. The highest BCUT2D eigenvalue weighted by Crippen LogP contribution is 2.65. The van der Waals surface area contributed by atoms with Gasteiger partial charge in [0.25, 0.3) is 16.1 Å². The van der Waals surface area contributed by atoms with Crippen LogP contribution in [0.4, 0.5) is 4.79 Å². The molecule has 1 saturated heterocycles. The smallest absolute Gasteiger partial charge is 0.315 e. The molecule has 5 amide bonds. The zero-order valence-corrected chi connectivity index (χ0v) is 30.3. The molecule has 0 aromatic carbocycles. The summed E-state index contributed by atoms with van der Waals surface area (Å²) in [6, 6.07) is -4.35. The normalized spacial score (nSPS) is 22.7. The fourth-order valence-electron chi connectivity index (χ4n) is 5.94. The molecule has 4 N–H and O–H groups in total. The van der Waals surface area contributed by atoms with E-state index in [1.54, 1.807) is 20.8 Å². The second kappa shape index (κ2) is 14.0. The molecule has 2 rings (SSSR count). The lowest BCUT2D eigenvalue weighted by atomic mass is 9.85. The number of piperidine rings is 1. The maximum atomic E-state index is 14.2. The number of amides is 5. The number of urea groups is 1. The van der Waals surface area contributed by atoms with E-state index in [-0.39, 0.29) is 30.3 Å². The summed E-state index contributed by atoms with van der Waals surface area (Å²) in [5, 5.41) is 10.7. The van der Waals surface area contributed by atoms with Crippen molar-refractivity contribution in [1.29, 1.82) is 0 Å². The van der Waals surface area contributed by atoms with Gasteiger partial charge in [-0.1, -0.05) is 61.5 Å². The topological polar surface area (TPSA) is 177 Å². The van der Waals surface area contributed by atoms with Crippen LogP contribution in [0.1, 0.15) is 62.3 Å². The van der Waals surface area contributed by atoms with Crippen LogP contribution in [0.5, 0.6) is 0 Å². The van der Waals surface area contributed by atoms with Crippen LogP contribution in [-0.4, -0.2) is 116 Å². The molecule has 0 bridgehead atoms. The van der Waals surface area contributed by atoms with E-state index in [2.05, 4.69) is 27.8 Å². The third-order valence-corrected chi connectivity index (χ3v) is 11.0. The minimum Gasteiger partial charge on any atom is -0.346 e. The van der Waals surface area contributed by atoms with Crippen molar-refractivity contribution in [2.45, 2.75) is 86.5 Å². The molecule has 1 aliphatic carbocycles. The number of likely N-dealkylation sites (N-methyl/N-ethyl adjacent to an activating group) is 1. The minimum absolute atomic E-state index is 0.0130. The van der Waals surface area contributed by atoms with Gasteiger partial charge < -0.3 is 26.2 Å². The molecule has 46 heavy (non-hydrogen) atoms. The third-order valence-electron chi connectivity index (χ3n) is 9.18. The van der Waals surface area contributed by atoms with Crippen LogP contribution < -0.4 is 21.3 Å². The first-order valence-electron chi connectivity index (χ1n) is 15.5. The van der Waals surface area contributed by atoms with Gasteiger partial charge in [0.05, 0.1) is 6.04 Å². The molecular formula is C31H55N7O7S. The molecule has 15 heteroatoms. The number of hydrogen-bond donors (Lipinski definition) is 4. The first-order valence-corrected chi connectivity index (χ1v) is 16.9. The van der Waals surface area contributed by atoms with E-state index in [9.17, 15) is 32.4 Å². The maximum Gasteiger partial charge on any atom is 0.315 e. The lowest BCUT2D eigenvalue weighted by molar-refractivity contribution is -0.145. The summed E-state index contributed by atoms with van der Waals surface area (Å²) in [5.74, 6) is -2.78. The number of nitrogens with one attached hydrogen (secondary N) is 4. The van der Waals surface area contributed by atoms with Crippen molar-refractivity contribution in [3.05, 3.63) is 12.7 Å². The number of rotatable bonds is 13. The fourth-order valence-corrected chi connectivity index (χ4v) is 6.83. The number of Topliss-reactive ketones (excluding diaryl/α,β-unsaturated/α-hetero) is 1. The Morgan fingerprint density at radius 1 is 0.978 bits per heavy atom. The van der Waals surface area contributed by atoms with Crippen LogP contribution in [0.3, 0.4) is 0 Å². The number of fused-ring (bicyclic) bond motifs is 1. The van der Waals surface area contributed by atoms with Gasteiger partial charge in [0.1, 0.15) is 12.1 Å². The highest BCUT2D eigenvalue weighted by Gasteiger charge is 2.69. The van der Waals surface area contributed by atoms with Gasteiger partial charge >= 0.3 is 6.03 Å². The standard InChI is InChI=1S/C31H55N7O7S/c1-14-15-32-26(41)23(39)18(2)33-25(40)22-21-19(31(21,9)10)16-38(22)27(42)24(30(6,7)8)35-28(43)34-20(29(3,4)5)17-37(13)46(44,45)36(11)12/h14,18-22,24H,1,15-17H2,2-13H3,(H,32,41)(H,33,40)(H2,34,35,43)/t18?,19-,20+,21-,22-,24+/m0/s1. The molecule has 1 unspecified atom stereocenters. The van der Waals surface area contributed by atoms with Crippen LogP contribution in [0.25, 0.3) is 0 Å². The van der Waals surface area contributed by atoms with Gasteiger partial charge in [-0.05, 0) is 35.0 Å². The van der Waals surface area contributed by atoms with Crippen molar-refractivity contribution in [2.75, 3.05) is 40.8 Å². The highest BCUT2D eigenvalue weighted by molar-refractivity contribution is 7.86. The molecule has 1 heterocycles. The average molecular weight is 670 g/mol. The van der Waals surface area contributed by atoms with Crippen LogP contribution in [-0.2, 0) is 29.4 Å². The van der Waals surface area contributed by atoms with Gasteiger partial charge in [-0.15, -0.1) is 6.58 Å². The second-order valence-electron chi connectivity index (χ2n) is 15.4. The SMILES string of the molecule is C=CCNC(=O)C(=O)C(C)NC(=O)[C@@H]1[C@@H]2[C@H](CN1C(=O)[C@@H](NC(=O)N[C@H](CN(C)S(=O)(=O)N(C)C)C(C)(C)C)C(C)(C)C)C2(C)C. The van der Waals surface area contributed by atoms with Crippen molar-refractivity contribution in [3.8, 4) is 0 Å². The molecule has 0 radical (unpaired) electrons. The largest absolute Gasteiger partial charge is 0.346 e. The molecule has 1 saturated carbocycles. The monoisotopic (exact) mass is 669 g/mol. The van der Waals surface area contributed by atoms with E-state index in [0.29, 0.717) is 6.54 Å². The van der Waals surface area contributed by atoms with Gasteiger partial charge in [0, 0.05) is 46.8 Å². The Morgan fingerprint density at radius 3 is 2.02 bits per heavy atom. The van der Waals surface area contributed by atoms with Crippen LogP contribution >= 0.6 is 0 Å². The lowest BCUT2D eigenvalue weighted by Gasteiger charge is -2.39. The molecule has 262 valence electrons. The maximum absolute atomic E-state index is 14.2. The molecule has 14 nitrogen and oxygen atoms in total. The van der Waals surface area contributed by atoms with Crippen molar-refractivity contribution in [1.82, 2.24) is 34.8 Å². The molecule has 2 aliphatic rings. The molecule has 0 aromatic rings. The van der Waals surface area contributed by atoms with Crippen molar-refractivity contribution >= 4 is 39.7 Å². The third kappa shape index (κ3) is 8.65. The fraction of sp³-hybridized carbons (Fsp3) is 0.774. The number of likely N-dealkylation sites (tertiary alicyclic amines) is 1. The zero-order chi connectivity index (χ0) is 35.7. The molecular weight excluding hydrogens is 614 g/mol. The first kappa shape index (κ1) is 39.1. The predicted molar refractivity (Wildman–Crippen MR) is 175 cm³/mol. The Hall–Kier alpha value is -3.04. The Labute approximate surface area is 274 Å². The van der Waals surface area contributed by atoms with Crippen molar-refractivity contribution < 1.29 is 32.4 Å². The number of carbonyl (C=O) groups excluding carboxylic acids is 5. The van der Waals surface area contributed by atoms with Gasteiger partial charge in [-0.3, -0.25) is 19.2 Å². The van der Waals surface area contributed by atoms with E-state index < -0.39 is 74.7 Å². The van der Waals surface area contributed by atoms with Gasteiger partial charge in [-0.25, -0.2) is 4.79 Å². The quantitative estimate of drug-likeness (QED) is 0.165. The molecule has 0 aromatic heterocycles. The Kier molecular flexibility index (Phi) is 11.9. The predicted octanol–water partition coefficient (Wildman–Crippen LogP) is 0.712. The van der Waals surface area contributed by atoms with Crippen LogP contribution in [0, 0.1) is 28.1 Å². The van der Waals surface area contributed by atoms with Crippen molar-refractivity contribution in [2.24, 2.45) is 28.1 Å². The lowest BCUT2D eigenvalue weighted by Crippen LogP contribution is -2.62. The summed E-state index contributed by atoms with van der Waals surface area (Å²) in [7, 11) is 0.545. The Morgan fingerprint density at radius 2 is 1.54 bits per heavy atom. The van der Waals surface area contributed by atoms with E-state index in [4.69, 9.17) is 0 Å². The molecule has 1 aliphatic heterocycles. The molecule has 6 atom stereocenters. The van der Waals surface area contributed by atoms with Crippen molar-refractivity contribution in [3.63, 3.8) is 0 Å². The van der Waals surface area contributed by atoms with Crippen LogP contribution in [0.15, 0.2) is 12.7 Å². The summed E-state index contributed by atoms with van der Waals surface area (Å²) in [4.78, 5) is 67.5. The minimum atomic E-state index is -3.74. The highest BCUT2D eigenvalue weighted by atomic mass is 32.2. The van der Waals surface area contributed by atoms with Gasteiger partial charge in [0.15, 0.2) is 0 Å². The van der Waals surface area contributed by atoms with Gasteiger partial charge in [-0.2, -0.15) is 17.0 Å². The summed E-state index contributed by atoms with van der Waals surface area (Å²) in [6.07, 6.45) is 1.43. The first-order chi connectivity index (χ1) is 20.8. The number of ketones is 1. The van der Waals surface area contributed by atoms with E-state index in [0.717, 1.165) is 8.61 Å². The molecule has 0 spiro atoms. The van der Waals surface area contributed by atoms with Gasteiger partial charge in [0.2, 0.25) is 17.6 Å². The summed E-state index contributed by atoms with van der Waals surface area (Å²) in [6.45, 7) is 20.4. The Balaban J connectivity index is 2.29. The van der Waals surface area contributed by atoms with E-state index >= 15 is 0 Å². The molecule has 2 fully saturated rings. The number of nitrogens with zero attached hydrogens (tertiary/aromatic N) is 3. The zero-order valence-electron chi connectivity index (χ0n) is 29.5. The number of hydrogen-bond acceptors (Lipinski definition) is 7. The Bertz CT molecular complexity index is 1320. The van der Waals surface area contributed by atoms with E-state index in [1.165, 1.54) is 39.0 Å². The average Bonchev–Trinajstić information content (AvgIpc) is 3.24. The summed E-state index contributed by atoms with van der Waals surface area (Å²) in [5.41, 5.74) is -1.53. The number of carbonyl (C=O) groups is 5. The van der Waals surface area contributed by atoms with Crippen LogP contribution in [0.2, 0.25) is 0 Å². The second-order valence-corrected chi connectivity index (χ2v) is 17.6. The summed E-state index contributed by atoms with van der Waals surface area (Å²) >= 11 is 0. The van der Waals surface area contributed by atoms with E-state index in [1.807, 2.05) is 34.6 Å².